The molecular formula is C28H18F7N3O5S3. The predicted octanol–water partition coefficient (Wildman–Crippen LogP) is 7.73. The van der Waals surface area contributed by atoms with E-state index in [1.165, 1.54) is 6.07 Å². The van der Waals surface area contributed by atoms with E-state index in [0.717, 1.165) is 66.9 Å². The summed E-state index contributed by atoms with van der Waals surface area (Å²) >= 11 is 11.8. The van der Waals surface area contributed by atoms with E-state index in [0.29, 0.717) is 0 Å². The van der Waals surface area contributed by atoms with Crippen LogP contribution in [-0.4, -0.2) is 26.8 Å². The summed E-state index contributed by atoms with van der Waals surface area (Å²) in [5.74, 6) is -5.53. The molecule has 1 heterocycles. The zero-order valence-electron chi connectivity index (χ0n) is 22.5. The molecular weight excluding hydrogens is 688 g/mol. The van der Waals surface area contributed by atoms with Crippen LogP contribution in [0.3, 0.4) is 0 Å². The average Bonchev–Trinajstić information content (AvgIpc) is 2.92. The standard InChI is InChI=1S/C28H18F7N3O5S3/c29-18-9-14(13-1-3-15(4-2-13)26(30,31)32)10-22(23(18)25(40)38-16-7-8-37-19(11-16)24(36)39)41-20-6-5-17(42-27(33,34)35)12-21(20)43-28(44,45)46/h1-12,44-46H,(H2,36,39)(H,37,38,40). The monoisotopic (exact) mass is 705 g/mol. The second-order valence-electron chi connectivity index (χ2n) is 9.09. The van der Waals surface area contributed by atoms with Crippen LogP contribution >= 0.6 is 37.9 Å². The van der Waals surface area contributed by atoms with Crippen molar-refractivity contribution in [2.45, 2.75) is 16.1 Å². The van der Waals surface area contributed by atoms with Crippen molar-refractivity contribution in [3.63, 3.8) is 0 Å². The third-order valence-electron chi connectivity index (χ3n) is 5.71. The maximum Gasteiger partial charge on any atom is 0.573 e. The highest BCUT2D eigenvalue weighted by Gasteiger charge is 2.33. The fourth-order valence-electron chi connectivity index (χ4n) is 3.85. The second-order valence-corrected chi connectivity index (χ2v) is 12.0. The molecule has 8 nitrogen and oxygen atoms in total. The molecule has 3 aromatic carbocycles. The Hall–Kier alpha value is -4.29. The first-order chi connectivity index (χ1) is 21.3. The molecule has 1 aromatic heterocycles. The van der Waals surface area contributed by atoms with E-state index in [1.54, 1.807) is 0 Å². The number of hydrogen-bond acceptors (Lipinski definition) is 9. The largest absolute Gasteiger partial charge is 0.573 e. The summed E-state index contributed by atoms with van der Waals surface area (Å²) in [5, 5.41) is 2.35. The smallest absolute Gasteiger partial charge is 0.455 e. The summed E-state index contributed by atoms with van der Waals surface area (Å²) in [7, 11) is 0. The SMILES string of the molecule is NC(=O)c1cc(NC(=O)c2c(F)cc(-c3ccc(C(F)(F)F)cc3)cc2Oc2ccc(OC(F)(F)F)cc2OC(S)(S)S)ccn1. The number of primary amides is 1. The number of halogens is 7. The minimum absolute atomic E-state index is 0.0337. The normalized spacial score (nSPS) is 12.0. The summed E-state index contributed by atoms with van der Waals surface area (Å²) in [6.07, 6.45) is -8.60. The van der Waals surface area contributed by atoms with Crippen molar-refractivity contribution >= 4 is 55.4 Å². The van der Waals surface area contributed by atoms with Gasteiger partial charge in [0.15, 0.2) is 11.5 Å². The zero-order chi connectivity index (χ0) is 34.0. The number of hydrogen-bond donors (Lipinski definition) is 5. The minimum Gasteiger partial charge on any atom is -0.455 e. The van der Waals surface area contributed by atoms with Gasteiger partial charge in [-0.3, -0.25) is 14.6 Å². The number of aromatic nitrogens is 1. The van der Waals surface area contributed by atoms with Gasteiger partial charge in [-0.1, -0.05) is 12.1 Å². The number of amides is 2. The fraction of sp³-hybridized carbons (Fsp3) is 0.107. The lowest BCUT2D eigenvalue weighted by Crippen LogP contribution is -2.18. The zero-order valence-corrected chi connectivity index (χ0v) is 25.2. The number of pyridine rings is 1. The molecule has 0 atom stereocenters. The quantitative estimate of drug-likeness (QED) is 0.0693. The highest BCUT2D eigenvalue weighted by molar-refractivity contribution is 8.16. The van der Waals surface area contributed by atoms with Crippen molar-refractivity contribution in [3.05, 3.63) is 95.6 Å². The van der Waals surface area contributed by atoms with Gasteiger partial charge in [0, 0.05) is 18.0 Å². The van der Waals surface area contributed by atoms with Gasteiger partial charge >= 0.3 is 12.5 Å². The number of nitrogens with two attached hydrogens (primary N) is 1. The van der Waals surface area contributed by atoms with Gasteiger partial charge in [-0.05, 0) is 59.7 Å². The van der Waals surface area contributed by atoms with E-state index in [4.69, 9.17) is 15.2 Å². The Morgan fingerprint density at radius 1 is 0.783 bits per heavy atom. The van der Waals surface area contributed by atoms with Gasteiger partial charge < -0.3 is 25.3 Å². The van der Waals surface area contributed by atoms with Gasteiger partial charge in [0.25, 0.3) is 11.8 Å². The van der Waals surface area contributed by atoms with Crippen LogP contribution in [0.25, 0.3) is 11.1 Å². The Labute approximate surface area is 271 Å². The number of alkyl halides is 6. The van der Waals surface area contributed by atoms with E-state index in [2.05, 4.69) is 52.9 Å². The van der Waals surface area contributed by atoms with Crippen LogP contribution in [0.15, 0.2) is 72.9 Å². The molecule has 0 aliphatic rings. The molecule has 18 heteroatoms. The number of carbonyl (C=O) groups excluding carboxylic acids is 2. The highest BCUT2D eigenvalue weighted by Crippen LogP contribution is 2.43. The van der Waals surface area contributed by atoms with Crippen molar-refractivity contribution in [2.75, 3.05) is 5.32 Å². The highest BCUT2D eigenvalue weighted by atomic mass is 32.2. The Balaban J connectivity index is 1.84. The summed E-state index contributed by atoms with van der Waals surface area (Å²) in [6.45, 7) is 0. The Morgan fingerprint density at radius 3 is 2.04 bits per heavy atom. The maximum atomic E-state index is 15.7. The van der Waals surface area contributed by atoms with Gasteiger partial charge in [-0.2, -0.15) is 13.2 Å². The number of thiol groups is 3. The van der Waals surface area contributed by atoms with Crippen molar-refractivity contribution < 1.29 is 54.5 Å². The van der Waals surface area contributed by atoms with Crippen LogP contribution in [0, 0.1) is 5.82 Å². The molecule has 46 heavy (non-hydrogen) atoms. The molecule has 242 valence electrons. The Bertz CT molecular complexity index is 1780. The molecule has 0 aliphatic carbocycles. The number of anilines is 1. The second kappa shape index (κ2) is 13.2. The van der Waals surface area contributed by atoms with Crippen LogP contribution in [0.1, 0.15) is 26.4 Å². The molecule has 4 rings (SSSR count). The average molecular weight is 706 g/mol. The molecule has 0 saturated heterocycles. The molecule has 0 radical (unpaired) electrons. The van der Waals surface area contributed by atoms with E-state index < -0.39 is 67.9 Å². The molecule has 0 spiro atoms. The van der Waals surface area contributed by atoms with E-state index >= 15 is 4.39 Å². The van der Waals surface area contributed by atoms with Crippen LogP contribution in [0.2, 0.25) is 0 Å². The molecule has 2 amide bonds. The fourth-order valence-corrected chi connectivity index (χ4v) is 4.15. The van der Waals surface area contributed by atoms with E-state index in [-0.39, 0.29) is 22.5 Å². The van der Waals surface area contributed by atoms with Crippen LogP contribution < -0.4 is 25.3 Å². The summed E-state index contributed by atoms with van der Waals surface area (Å²) in [6, 6.07) is 10.4. The van der Waals surface area contributed by atoms with Crippen molar-refractivity contribution in [1.29, 1.82) is 0 Å². The summed E-state index contributed by atoms with van der Waals surface area (Å²) in [4.78, 5) is 28.6. The molecule has 4 aromatic rings. The predicted molar refractivity (Wildman–Crippen MR) is 161 cm³/mol. The van der Waals surface area contributed by atoms with Gasteiger partial charge in [0.1, 0.15) is 28.6 Å². The van der Waals surface area contributed by atoms with Crippen molar-refractivity contribution in [3.8, 4) is 34.1 Å². The van der Waals surface area contributed by atoms with Crippen LogP contribution in [0.5, 0.6) is 23.0 Å². The lowest BCUT2D eigenvalue weighted by molar-refractivity contribution is -0.274. The first-order valence-electron chi connectivity index (χ1n) is 12.3. The topological polar surface area (TPSA) is 113 Å². The van der Waals surface area contributed by atoms with Crippen LogP contribution in [0.4, 0.5) is 36.4 Å². The Kier molecular flexibility index (Phi) is 9.93. The molecule has 0 unspecified atom stereocenters. The third-order valence-corrected chi connectivity index (χ3v) is 5.99. The molecule has 3 N–H and O–H groups in total. The number of benzene rings is 3. The third kappa shape index (κ3) is 9.13. The van der Waals surface area contributed by atoms with Gasteiger partial charge in [0.05, 0.1) is 5.56 Å². The van der Waals surface area contributed by atoms with Crippen LogP contribution in [-0.2, 0) is 6.18 Å². The maximum absolute atomic E-state index is 15.7. The Morgan fingerprint density at radius 2 is 1.46 bits per heavy atom. The first-order valence-corrected chi connectivity index (χ1v) is 13.7. The summed E-state index contributed by atoms with van der Waals surface area (Å²) in [5.41, 5.74) is 3.23. The number of nitrogens with zero attached hydrogens (tertiary/aromatic N) is 1. The minimum atomic E-state index is -5.09. The van der Waals surface area contributed by atoms with Gasteiger partial charge in [-0.25, -0.2) is 4.39 Å². The van der Waals surface area contributed by atoms with Gasteiger partial charge in [0.2, 0.25) is 3.60 Å². The lowest BCUT2D eigenvalue weighted by Gasteiger charge is -2.22. The molecule has 0 fully saturated rings. The van der Waals surface area contributed by atoms with Gasteiger partial charge in [-0.15, -0.1) is 51.1 Å². The first kappa shape index (κ1) is 34.6. The molecule has 0 saturated carbocycles. The van der Waals surface area contributed by atoms with Crippen molar-refractivity contribution in [2.24, 2.45) is 5.73 Å². The number of rotatable bonds is 9. The number of ether oxygens (including phenoxy) is 3. The van der Waals surface area contributed by atoms with Crippen molar-refractivity contribution in [1.82, 2.24) is 4.98 Å². The number of carbonyl (C=O) groups is 2. The van der Waals surface area contributed by atoms with E-state index in [9.17, 15) is 35.9 Å². The molecule has 0 aliphatic heterocycles. The summed E-state index contributed by atoms with van der Waals surface area (Å²) < 4.78 is 107. The lowest BCUT2D eigenvalue weighted by atomic mass is 10.0. The molecule has 0 bridgehead atoms. The number of nitrogens with one attached hydrogen (secondary N) is 1. The van der Waals surface area contributed by atoms with E-state index in [1.807, 2.05) is 0 Å².